The summed E-state index contributed by atoms with van der Waals surface area (Å²) in [5.41, 5.74) is 9.06. The van der Waals surface area contributed by atoms with Gasteiger partial charge in [0.15, 0.2) is 0 Å². The lowest BCUT2D eigenvalue weighted by Crippen LogP contribution is -2.11. The first-order valence-corrected chi connectivity index (χ1v) is 15.1. The summed E-state index contributed by atoms with van der Waals surface area (Å²) in [5.74, 6) is 0. The Morgan fingerprint density at radius 2 is 1.25 bits per heavy atom. The summed E-state index contributed by atoms with van der Waals surface area (Å²) in [7, 11) is 0. The van der Waals surface area contributed by atoms with Gasteiger partial charge >= 0.3 is 0 Å². The monoisotopic (exact) mass is 565 g/mol. The molecule has 0 saturated carbocycles. The number of nitrogens with zero attached hydrogens (tertiary/aromatic N) is 3. The van der Waals surface area contributed by atoms with E-state index in [0.717, 1.165) is 22.7 Å². The first-order chi connectivity index (χ1) is 21.8. The third-order valence-corrected chi connectivity index (χ3v) is 8.57. The molecule has 0 amide bonds. The fourth-order valence-corrected chi connectivity index (χ4v) is 6.61. The smallest absolute Gasteiger partial charge is 0.0887 e. The molecule has 0 spiro atoms. The van der Waals surface area contributed by atoms with E-state index in [1.807, 2.05) is 0 Å². The number of fused-ring (bicyclic) bond motifs is 7. The van der Waals surface area contributed by atoms with Crippen molar-refractivity contribution in [2.75, 3.05) is 0 Å². The van der Waals surface area contributed by atoms with Crippen molar-refractivity contribution in [2.24, 2.45) is 4.99 Å². The van der Waals surface area contributed by atoms with Crippen LogP contribution in [0.4, 0.5) is 0 Å². The summed E-state index contributed by atoms with van der Waals surface area (Å²) < 4.78 is 4.76. The molecule has 0 saturated heterocycles. The van der Waals surface area contributed by atoms with Crippen LogP contribution >= 0.6 is 0 Å². The van der Waals surface area contributed by atoms with Gasteiger partial charge in [-0.25, -0.2) is 0 Å². The molecule has 0 aliphatic carbocycles. The number of aliphatic imine (C=N–C) groups is 1. The lowest BCUT2D eigenvalue weighted by atomic mass is 10.0. The van der Waals surface area contributed by atoms with E-state index in [2.05, 4.69) is 174 Å². The van der Waals surface area contributed by atoms with Crippen molar-refractivity contribution in [2.45, 2.75) is 13.5 Å². The number of rotatable bonds is 6. The third-order valence-electron chi connectivity index (χ3n) is 8.57. The minimum Gasteiger partial charge on any atom is -0.314 e. The van der Waals surface area contributed by atoms with Crippen LogP contribution in [0.25, 0.3) is 54.9 Å². The van der Waals surface area contributed by atoms with Gasteiger partial charge in [0, 0.05) is 33.6 Å². The van der Waals surface area contributed by atoms with Crippen molar-refractivity contribution in [3.8, 4) is 5.69 Å². The molecule has 8 rings (SSSR count). The standard InChI is InChI=1S/C41H31N3/c1-2-35(40(31-17-8-4-9-18-31)42-28-29-14-6-3-7-15-29)43-27-26-32-23-25-37-39(41(32)43)38-34-21-13-12-16-30(34)22-24-36(38)44(37)33-19-10-5-11-20-33/h2-27H,28H2,1H3/b35-2+,42-40?. The predicted molar refractivity (Wildman–Crippen MR) is 187 cm³/mol. The second-order valence-electron chi connectivity index (χ2n) is 11.1. The van der Waals surface area contributed by atoms with Gasteiger partial charge in [-0.2, -0.15) is 0 Å². The Morgan fingerprint density at radius 1 is 0.614 bits per heavy atom. The molecule has 0 atom stereocenters. The number of benzene rings is 6. The average Bonchev–Trinajstić information content (AvgIpc) is 3.67. The highest BCUT2D eigenvalue weighted by Gasteiger charge is 2.21. The van der Waals surface area contributed by atoms with E-state index in [0.29, 0.717) is 6.54 Å². The van der Waals surface area contributed by atoms with Gasteiger partial charge in [0.05, 0.1) is 34.5 Å². The van der Waals surface area contributed by atoms with E-state index >= 15 is 0 Å². The van der Waals surface area contributed by atoms with Gasteiger partial charge in [-0.1, -0.05) is 121 Å². The SMILES string of the molecule is C/C=C(\C(=NCc1ccccc1)c1ccccc1)n1ccc2ccc3c(c4c5ccccc5ccc4n3-c3ccccc3)c21. The van der Waals surface area contributed by atoms with E-state index < -0.39 is 0 Å². The number of hydrogen-bond donors (Lipinski definition) is 0. The maximum Gasteiger partial charge on any atom is 0.0887 e. The molecular weight excluding hydrogens is 534 g/mol. The normalized spacial score (nSPS) is 12.6. The van der Waals surface area contributed by atoms with Crippen LogP contribution in [0.15, 0.2) is 163 Å². The Kier molecular flexibility index (Phi) is 6.42. The van der Waals surface area contributed by atoms with Crippen molar-refractivity contribution in [3.63, 3.8) is 0 Å². The topological polar surface area (TPSA) is 22.2 Å². The van der Waals surface area contributed by atoms with Gasteiger partial charge in [-0.3, -0.25) is 4.99 Å². The second kappa shape index (κ2) is 10.9. The number of hydrogen-bond acceptors (Lipinski definition) is 1. The second-order valence-corrected chi connectivity index (χ2v) is 11.1. The zero-order valence-electron chi connectivity index (χ0n) is 24.6. The van der Waals surface area contributed by atoms with Gasteiger partial charge < -0.3 is 9.13 Å². The first kappa shape index (κ1) is 26.0. The molecular formula is C41H31N3. The van der Waals surface area contributed by atoms with Crippen molar-refractivity contribution in [1.82, 2.24) is 9.13 Å². The molecule has 6 aromatic carbocycles. The van der Waals surface area contributed by atoms with E-state index in [-0.39, 0.29) is 0 Å². The van der Waals surface area contributed by atoms with Gasteiger partial charge in [0.2, 0.25) is 0 Å². The molecule has 3 nitrogen and oxygen atoms in total. The van der Waals surface area contributed by atoms with Gasteiger partial charge in [0.25, 0.3) is 0 Å². The minimum atomic E-state index is 0.606. The van der Waals surface area contributed by atoms with Gasteiger partial charge in [-0.15, -0.1) is 0 Å². The van der Waals surface area contributed by atoms with E-state index in [9.17, 15) is 0 Å². The molecule has 44 heavy (non-hydrogen) atoms. The Hall–Kier alpha value is -5.67. The van der Waals surface area contributed by atoms with E-state index in [4.69, 9.17) is 4.99 Å². The molecule has 2 aromatic heterocycles. The Bertz CT molecular complexity index is 2340. The molecule has 8 aromatic rings. The maximum absolute atomic E-state index is 5.27. The van der Waals surface area contributed by atoms with Crippen LogP contribution in [-0.4, -0.2) is 14.8 Å². The molecule has 0 aliphatic rings. The minimum absolute atomic E-state index is 0.606. The maximum atomic E-state index is 5.27. The Balaban J connectivity index is 1.45. The fourth-order valence-electron chi connectivity index (χ4n) is 6.61. The predicted octanol–water partition coefficient (Wildman–Crippen LogP) is 10.4. The highest BCUT2D eigenvalue weighted by Crippen LogP contribution is 2.41. The highest BCUT2D eigenvalue weighted by atomic mass is 15.0. The number of para-hydroxylation sites is 1. The van der Waals surface area contributed by atoms with Crippen LogP contribution in [0, 0.1) is 0 Å². The Morgan fingerprint density at radius 3 is 2.00 bits per heavy atom. The molecule has 0 N–H and O–H groups in total. The molecule has 0 unspecified atom stereocenters. The molecule has 2 heterocycles. The van der Waals surface area contributed by atoms with Crippen LogP contribution in [0.2, 0.25) is 0 Å². The van der Waals surface area contributed by atoms with E-state index in [1.54, 1.807) is 0 Å². The first-order valence-electron chi connectivity index (χ1n) is 15.1. The highest BCUT2D eigenvalue weighted by molar-refractivity contribution is 6.32. The van der Waals surface area contributed by atoms with Crippen molar-refractivity contribution in [3.05, 3.63) is 169 Å². The quantitative estimate of drug-likeness (QED) is 0.179. The number of allylic oxidation sites excluding steroid dienone is 2. The largest absolute Gasteiger partial charge is 0.314 e. The van der Waals surface area contributed by atoms with Crippen LogP contribution < -0.4 is 0 Å². The van der Waals surface area contributed by atoms with Crippen molar-refractivity contribution in [1.29, 1.82) is 0 Å². The third kappa shape index (κ3) is 4.25. The molecule has 0 bridgehead atoms. The summed E-state index contributed by atoms with van der Waals surface area (Å²) in [4.78, 5) is 5.27. The van der Waals surface area contributed by atoms with Gasteiger partial charge in [-0.05, 0) is 53.6 Å². The van der Waals surface area contributed by atoms with Gasteiger partial charge in [0.1, 0.15) is 0 Å². The molecule has 0 radical (unpaired) electrons. The van der Waals surface area contributed by atoms with Crippen LogP contribution in [0.1, 0.15) is 18.1 Å². The lowest BCUT2D eigenvalue weighted by Gasteiger charge is -2.16. The summed E-state index contributed by atoms with van der Waals surface area (Å²) in [5, 5.41) is 6.21. The van der Waals surface area contributed by atoms with Crippen LogP contribution in [0.3, 0.4) is 0 Å². The summed E-state index contributed by atoms with van der Waals surface area (Å²) in [6.07, 6.45) is 4.40. The molecule has 3 heteroatoms. The summed E-state index contributed by atoms with van der Waals surface area (Å²) in [6.45, 7) is 2.72. The van der Waals surface area contributed by atoms with E-state index in [1.165, 1.54) is 49.0 Å². The van der Waals surface area contributed by atoms with Crippen LogP contribution in [-0.2, 0) is 6.54 Å². The lowest BCUT2D eigenvalue weighted by molar-refractivity contribution is 1.06. The summed E-state index contributed by atoms with van der Waals surface area (Å²) in [6, 6.07) is 51.7. The van der Waals surface area contributed by atoms with Crippen molar-refractivity contribution < 1.29 is 0 Å². The zero-order valence-corrected chi connectivity index (χ0v) is 24.6. The fraction of sp³-hybridized carbons (Fsp3) is 0.0488. The number of aromatic nitrogens is 2. The summed E-state index contributed by atoms with van der Waals surface area (Å²) >= 11 is 0. The molecule has 210 valence electrons. The average molecular weight is 566 g/mol. The molecule has 0 aliphatic heterocycles. The molecule has 0 fully saturated rings. The Labute approximate surface area is 256 Å². The van der Waals surface area contributed by atoms with Crippen molar-refractivity contribution >= 4 is 54.9 Å². The zero-order chi connectivity index (χ0) is 29.5. The van der Waals surface area contributed by atoms with Crippen LogP contribution in [0.5, 0.6) is 0 Å².